The second-order valence-corrected chi connectivity index (χ2v) is 4.49. The number of rotatable bonds is 4. The number of imide groups is 1. The fourth-order valence-corrected chi connectivity index (χ4v) is 1.90. The van der Waals surface area contributed by atoms with Crippen molar-refractivity contribution in [3.63, 3.8) is 0 Å². The summed E-state index contributed by atoms with van der Waals surface area (Å²) < 4.78 is 0. The molecule has 0 aromatic carbocycles. The molecule has 0 spiro atoms. The summed E-state index contributed by atoms with van der Waals surface area (Å²) in [4.78, 5) is 35.7. The van der Waals surface area contributed by atoms with Crippen LogP contribution in [-0.4, -0.2) is 48.3 Å². The molecule has 0 aliphatic carbocycles. The van der Waals surface area contributed by atoms with E-state index in [2.05, 4.69) is 10.6 Å². The number of alkyl halides is 1. The maximum Gasteiger partial charge on any atom is 0.321 e. The van der Waals surface area contributed by atoms with Gasteiger partial charge in [-0.05, 0) is 19.3 Å². The first-order valence-corrected chi connectivity index (χ1v) is 6.58. The molecule has 2 N–H and O–H groups in total. The molecule has 1 aliphatic rings. The lowest BCUT2D eigenvalue weighted by Gasteiger charge is -2.26. The van der Waals surface area contributed by atoms with Gasteiger partial charge < -0.3 is 10.2 Å². The van der Waals surface area contributed by atoms with Gasteiger partial charge in [-0.3, -0.25) is 14.9 Å². The lowest BCUT2D eigenvalue weighted by molar-refractivity contribution is -0.131. The van der Waals surface area contributed by atoms with E-state index in [4.69, 9.17) is 11.6 Å². The van der Waals surface area contributed by atoms with Crippen LogP contribution in [0.2, 0.25) is 0 Å². The van der Waals surface area contributed by atoms with E-state index < -0.39 is 11.9 Å². The van der Waals surface area contributed by atoms with Gasteiger partial charge in [0.15, 0.2) is 0 Å². The fraction of sp³-hybridized carbons (Fsp3) is 0.727. The number of amides is 4. The predicted molar refractivity (Wildman–Crippen MR) is 67.3 cm³/mol. The number of nitrogens with zero attached hydrogens (tertiary/aromatic N) is 1. The van der Waals surface area contributed by atoms with Crippen LogP contribution in [-0.2, 0) is 9.59 Å². The molecule has 0 aromatic heterocycles. The Hall–Kier alpha value is -1.30. The summed E-state index contributed by atoms with van der Waals surface area (Å²) >= 11 is 5.36. The first-order chi connectivity index (χ1) is 8.63. The summed E-state index contributed by atoms with van der Waals surface area (Å²) in [5.74, 6) is -0.409. The summed E-state index contributed by atoms with van der Waals surface area (Å²) in [6, 6.07) is -0.657. The van der Waals surface area contributed by atoms with E-state index in [0.717, 1.165) is 32.4 Å². The van der Waals surface area contributed by atoms with Crippen molar-refractivity contribution in [1.82, 2.24) is 15.5 Å². The van der Waals surface area contributed by atoms with Crippen LogP contribution in [0.4, 0.5) is 4.79 Å². The maximum absolute atomic E-state index is 11.7. The summed E-state index contributed by atoms with van der Waals surface area (Å²) in [5, 5.41) is 4.46. The van der Waals surface area contributed by atoms with E-state index in [9.17, 15) is 14.4 Å². The highest BCUT2D eigenvalue weighted by Crippen LogP contribution is 2.07. The number of urea groups is 1. The molecular formula is C11H18ClN3O3. The number of hydrogen-bond acceptors (Lipinski definition) is 3. The number of carbonyl (C=O) groups excluding carboxylic acids is 3. The Morgan fingerprint density at radius 2 is 1.78 bits per heavy atom. The number of likely N-dealkylation sites (tertiary alicyclic amines) is 1. The van der Waals surface area contributed by atoms with Crippen LogP contribution in [0.25, 0.3) is 0 Å². The Bertz CT molecular complexity index is 317. The maximum atomic E-state index is 11.7. The number of carbonyl (C=O) groups is 3. The van der Waals surface area contributed by atoms with E-state index in [1.54, 1.807) is 4.90 Å². The molecule has 0 saturated carbocycles. The Morgan fingerprint density at radius 1 is 1.11 bits per heavy atom. The molecule has 0 bridgehead atoms. The molecule has 7 heteroatoms. The monoisotopic (exact) mass is 275 g/mol. The van der Waals surface area contributed by atoms with Gasteiger partial charge in [-0.2, -0.15) is 0 Å². The third kappa shape index (κ3) is 5.35. The van der Waals surface area contributed by atoms with Gasteiger partial charge in [0, 0.05) is 25.4 Å². The van der Waals surface area contributed by atoms with E-state index in [-0.39, 0.29) is 24.8 Å². The van der Waals surface area contributed by atoms with E-state index in [1.165, 1.54) is 0 Å². The van der Waals surface area contributed by atoms with Crippen molar-refractivity contribution in [3.05, 3.63) is 0 Å². The average Bonchev–Trinajstić information content (AvgIpc) is 2.37. The highest BCUT2D eigenvalue weighted by molar-refractivity contribution is 6.19. The zero-order chi connectivity index (χ0) is 13.4. The molecule has 102 valence electrons. The molecular weight excluding hydrogens is 258 g/mol. The Kier molecular flexibility index (Phi) is 6.49. The van der Waals surface area contributed by atoms with Gasteiger partial charge in [-0.25, -0.2) is 4.79 Å². The fourth-order valence-electron chi connectivity index (χ4n) is 1.73. The van der Waals surface area contributed by atoms with Crippen LogP contribution in [0.3, 0.4) is 0 Å². The zero-order valence-corrected chi connectivity index (χ0v) is 11.0. The van der Waals surface area contributed by atoms with Crippen molar-refractivity contribution < 1.29 is 14.4 Å². The predicted octanol–water partition coefficient (Wildman–Crippen LogP) is 0.454. The first kappa shape index (κ1) is 14.8. The van der Waals surface area contributed by atoms with Gasteiger partial charge in [-0.1, -0.05) is 0 Å². The third-order valence-corrected chi connectivity index (χ3v) is 2.87. The molecule has 0 atom stereocenters. The minimum Gasteiger partial charge on any atom is -0.341 e. The lowest BCUT2D eigenvalue weighted by Crippen LogP contribution is -2.46. The number of halogens is 1. The van der Waals surface area contributed by atoms with Gasteiger partial charge in [0.25, 0.3) is 0 Å². The van der Waals surface area contributed by atoms with Crippen molar-refractivity contribution in [3.8, 4) is 0 Å². The molecule has 4 amide bonds. The SMILES string of the molecule is O=C(CCCl)NC(=O)NCC(=O)N1CCCCC1. The molecule has 1 rings (SSSR count). The molecule has 6 nitrogen and oxygen atoms in total. The van der Waals surface area contributed by atoms with Crippen molar-refractivity contribution in [2.45, 2.75) is 25.7 Å². The first-order valence-electron chi connectivity index (χ1n) is 6.05. The summed E-state index contributed by atoms with van der Waals surface area (Å²) in [5.41, 5.74) is 0. The van der Waals surface area contributed by atoms with Gasteiger partial charge >= 0.3 is 6.03 Å². The standard InChI is InChI=1S/C11H18ClN3O3/c12-5-4-9(16)14-11(18)13-8-10(17)15-6-2-1-3-7-15/h1-8H2,(H2,13,14,16,18). The third-order valence-electron chi connectivity index (χ3n) is 2.68. The van der Waals surface area contributed by atoms with Crippen molar-refractivity contribution >= 4 is 29.4 Å². The smallest absolute Gasteiger partial charge is 0.321 e. The number of nitrogens with one attached hydrogen (secondary N) is 2. The normalized spacial score (nSPS) is 15.1. The molecule has 1 heterocycles. The highest BCUT2D eigenvalue weighted by Gasteiger charge is 2.17. The summed E-state index contributed by atoms with van der Waals surface area (Å²) in [6.45, 7) is 1.40. The highest BCUT2D eigenvalue weighted by atomic mass is 35.5. The van der Waals surface area contributed by atoms with E-state index in [1.807, 2.05) is 0 Å². The quantitative estimate of drug-likeness (QED) is 0.732. The molecule has 1 saturated heterocycles. The van der Waals surface area contributed by atoms with Crippen LogP contribution in [0.15, 0.2) is 0 Å². The van der Waals surface area contributed by atoms with Crippen LogP contribution in [0.5, 0.6) is 0 Å². The Balaban J connectivity index is 2.20. The van der Waals surface area contributed by atoms with Crippen molar-refractivity contribution in [2.75, 3.05) is 25.5 Å². The largest absolute Gasteiger partial charge is 0.341 e. The summed E-state index contributed by atoms with van der Waals surface area (Å²) in [7, 11) is 0. The second kappa shape index (κ2) is 7.92. The number of piperidine rings is 1. The molecule has 0 radical (unpaired) electrons. The van der Waals surface area contributed by atoms with Gasteiger partial charge in [-0.15, -0.1) is 11.6 Å². The second-order valence-electron chi connectivity index (χ2n) is 4.11. The Morgan fingerprint density at radius 3 is 2.39 bits per heavy atom. The van der Waals surface area contributed by atoms with Crippen LogP contribution >= 0.6 is 11.6 Å². The van der Waals surface area contributed by atoms with Gasteiger partial charge in [0.2, 0.25) is 11.8 Å². The molecule has 1 aliphatic heterocycles. The topological polar surface area (TPSA) is 78.5 Å². The van der Waals surface area contributed by atoms with E-state index >= 15 is 0 Å². The zero-order valence-electron chi connectivity index (χ0n) is 10.2. The minimum absolute atomic E-state index is 0.0784. The summed E-state index contributed by atoms with van der Waals surface area (Å²) in [6.07, 6.45) is 3.23. The average molecular weight is 276 g/mol. The van der Waals surface area contributed by atoms with E-state index in [0.29, 0.717) is 0 Å². The van der Waals surface area contributed by atoms with Crippen LogP contribution < -0.4 is 10.6 Å². The number of hydrogen-bond donors (Lipinski definition) is 2. The van der Waals surface area contributed by atoms with Crippen LogP contribution in [0.1, 0.15) is 25.7 Å². The molecule has 0 unspecified atom stereocenters. The lowest BCUT2D eigenvalue weighted by atomic mass is 10.1. The minimum atomic E-state index is -0.657. The van der Waals surface area contributed by atoms with Crippen molar-refractivity contribution in [2.24, 2.45) is 0 Å². The van der Waals surface area contributed by atoms with Gasteiger partial charge in [0.05, 0.1) is 6.54 Å². The molecule has 0 aromatic rings. The van der Waals surface area contributed by atoms with Crippen molar-refractivity contribution in [1.29, 1.82) is 0 Å². The Labute approximate surface area is 111 Å². The van der Waals surface area contributed by atoms with Crippen LogP contribution in [0, 0.1) is 0 Å². The molecule has 18 heavy (non-hydrogen) atoms. The van der Waals surface area contributed by atoms with Gasteiger partial charge in [0.1, 0.15) is 0 Å². The molecule has 1 fully saturated rings.